The van der Waals surface area contributed by atoms with E-state index >= 15 is 0 Å². The molecule has 2 aromatic rings. The Morgan fingerprint density at radius 1 is 1.33 bits per heavy atom. The van der Waals surface area contributed by atoms with Gasteiger partial charge in [0, 0.05) is 29.7 Å². The van der Waals surface area contributed by atoms with Crippen LogP contribution < -0.4 is 9.47 Å². The van der Waals surface area contributed by atoms with E-state index < -0.39 is 0 Å². The molecule has 2 heterocycles. The van der Waals surface area contributed by atoms with Crippen LogP contribution in [0, 0.1) is 0 Å². The lowest BCUT2D eigenvalue weighted by Crippen LogP contribution is -2.22. The van der Waals surface area contributed by atoms with Crippen molar-refractivity contribution in [1.82, 2.24) is 9.88 Å². The zero-order chi connectivity index (χ0) is 19.0. The summed E-state index contributed by atoms with van der Waals surface area (Å²) in [5.74, 6) is 0.916. The zero-order valence-corrected chi connectivity index (χ0v) is 17.5. The number of methoxy groups -OCH3 is 1. The minimum Gasteiger partial charge on any atom is -0.481 e. The van der Waals surface area contributed by atoms with Crippen LogP contribution in [0.4, 0.5) is 0 Å². The lowest BCUT2D eigenvalue weighted by molar-refractivity contribution is 0.174. The van der Waals surface area contributed by atoms with Gasteiger partial charge in [0.15, 0.2) is 0 Å². The highest BCUT2D eigenvalue weighted by Crippen LogP contribution is 2.40. The predicted molar refractivity (Wildman–Crippen MR) is 108 cm³/mol. The molecule has 5 nitrogen and oxygen atoms in total. The number of aromatic nitrogens is 1. The normalized spacial score (nSPS) is 22.1. The first kappa shape index (κ1) is 19.0. The maximum atomic E-state index is 9.72. The Hall–Kier alpha value is -1.34. The second-order valence-electron chi connectivity index (χ2n) is 7.07. The third kappa shape index (κ3) is 3.94. The van der Waals surface area contributed by atoms with Crippen LogP contribution in [0.5, 0.6) is 11.8 Å². The number of aliphatic hydroxyl groups is 1. The Morgan fingerprint density at radius 3 is 2.93 bits per heavy atom. The number of β-amino-alcohol motifs (C(OH)–C–C–N with tert-alkyl or cyclic N) is 1. The van der Waals surface area contributed by atoms with Gasteiger partial charge >= 0.3 is 0 Å². The smallest absolute Gasteiger partial charge is 0.236 e. The highest BCUT2D eigenvalue weighted by Gasteiger charge is 2.28. The number of pyridine rings is 1. The van der Waals surface area contributed by atoms with Crippen LogP contribution in [-0.2, 0) is 13.0 Å². The summed E-state index contributed by atoms with van der Waals surface area (Å²) in [6, 6.07) is 8.04. The van der Waals surface area contributed by atoms with Crippen molar-refractivity contribution in [2.45, 2.75) is 38.0 Å². The predicted octanol–water partition coefficient (Wildman–Crippen LogP) is 4.14. The summed E-state index contributed by atoms with van der Waals surface area (Å²) in [7, 11) is 1.60. The number of rotatable bonds is 5. The Balaban J connectivity index is 1.55. The number of nitrogens with zero attached hydrogens (tertiary/aromatic N) is 2. The van der Waals surface area contributed by atoms with E-state index in [1.165, 1.54) is 11.1 Å². The Kier molecular flexibility index (Phi) is 5.60. The Bertz CT molecular complexity index is 848. The number of aliphatic hydroxyl groups excluding tert-OH is 1. The SMILES string of the molecule is COc1nc(O[C@H]2CCc3c(Br)cccc32)c(Cl)cc1CN1CC[C@@H](O)C1. The third-order valence-electron chi connectivity index (χ3n) is 5.23. The molecule has 1 aliphatic heterocycles. The van der Waals surface area contributed by atoms with Crippen molar-refractivity contribution in [3.8, 4) is 11.8 Å². The molecule has 1 N–H and O–H groups in total. The van der Waals surface area contributed by atoms with Gasteiger partial charge in [0.25, 0.3) is 0 Å². The summed E-state index contributed by atoms with van der Waals surface area (Å²) < 4.78 is 12.8. The molecule has 1 aliphatic carbocycles. The van der Waals surface area contributed by atoms with Crippen LogP contribution in [0.25, 0.3) is 0 Å². The Morgan fingerprint density at radius 2 is 2.19 bits per heavy atom. The van der Waals surface area contributed by atoms with Gasteiger partial charge in [0.2, 0.25) is 11.8 Å². The van der Waals surface area contributed by atoms with Gasteiger partial charge in [-0.25, -0.2) is 0 Å². The molecule has 1 fully saturated rings. The monoisotopic (exact) mass is 452 g/mol. The largest absolute Gasteiger partial charge is 0.481 e. The fraction of sp³-hybridized carbons (Fsp3) is 0.450. The molecule has 4 rings (SSSR count). The molecule has 144 valence electrons. The lowest BCUT2D eigenvalue weighted by atomic mass is 10.1. The highest BCUT2D eigenvalue weighted by molar-refractivity contribution is 9.10. The first-order chi connectivity index (χ1) is 13.0. The molecule has 0 spiro atoms. The van der Waals surface area contributed by atoms with E-state index in [2.05, 4.69) is 37.9 Å². The van der Waals surface area contributed by atoms with Gasteiger partial charge in [0.05, 0.1) is 13.2 Å². The minimum absolute atomic E-state index is 0.0632. The van der Waals surface area contributed by atoms with Crippen LogP contribution in [0.1, 0.15) is 35.6 Å². The summed E-state index contributed by atoms with van der Waals surface area (Å²) in [6.07, 6.45) is 2.33. The first-order valence-corrected chi connectivity index (χ1v) is 10.3. The van der Waals surface area contributed by atoms with Gasteiger partial charge in [-0.15, -0.1) is 0 Å². The first-order valence-electron chi connectivity index (χ1n) is 9.13. The number of ether oxygens (including phenoxy) is 2. The van der Waals surface area contributed by atoms with Crippen molar-refractivity contribution in [3.63, 3.8) is 0 Å². The lowest BCUT2D eigenvalue weighted by Gasteiger charge is -2.19. The number of halogens is 2. The van der Waals surface area contributed by atoms with Gasteiger partial charge in [-0.1, -0.05) is 39.7 Å². The molecule has 2 atom stereocenters. The Labute approximate surface area is 172 Å². The quantitative estimate of drug-likeness (QED) is 0.737. The maximum absolute atomic E-state index is 9.72. The van der Waals surface area contributed by atoms with E-state index in [4.69, 9.17) is 21.1 Å². The van der Waals surface area contributed by atoms with Crippen molar-refractivity contribution in [3.05, 3.63) is 50.5 Å². The van der Waals surface area contributed by atoms with E-state index in [1.807, 2.05) is 12.1 Å². The molecular weight excluding hydrogens is 432 g/mol. The fourth-order valence-corrected chi connectivity index (χ4v) is 4.69. The summed E-state index contributed by atoms with van der Waals surface area (Å²) in [6.45, 7) is 2.16. The molecule has 0 unspecified atom stereocenters. The van der Waals surface area contributed by atoms with Crippen LogP contribution >= 0.6 is 27.5 Å². The summed E-state index contributed by atoms with van der Waals surface area (Å²) in [5.41, 5.74) is 3.37. The van der Waals surface area contributed by atoms with Gasteiger partial charge in [0.1, 0.15) is 11.1 Å². The van der Waals surface area contributed by atoms with Crippen LogP contribution in [0.3, 0.4) is 0 Å². The second kappa shape index (κ2) is 7.95. The highest BCUT2D eigenvalue weighted by atomic mass is 79.9. The van der Waals surface area contributed by atoms with E-state index in [0.717, 1.165) is 35.8 Å². The molecule has 27 heavy (non-hydrogen) atoms. The molecule has 1 aromatic heterocycles. The van der Waals surface area contributed by atoms with Gasteiger partial charge in [-0.05, 0) is 42.5 Å². The fourth-order valence-electron chi connectivity index (χ4n) is 3.89. The van der Waals surface area contributed by atoms with E-state index in [0.29, 0.717) is 29.9 Å². The second-order valence-corrected chi connectivity index (χ2v) is 8.34. The third-order valence-corrected chi connectivity index (χ3v) is 6.24. The number of benzene rings is 1. The molecule has 0 saturated carbocycles. The van der Waals surface area contributed by atoms with Crippen molar-refractivity contribution in [2.75, 3.05) is 20.2 Å². The summed E-state index contributed by atoms with van der Waals surface area (Å²) >= 11 is 10.1. The van der Waals surface area contributed by atoms with E-state index in [9.17, 15) is 5.11 Å². The molecule has 0 amide bonds. The van der Waals surface area contributed by atoms with Crippen molar-refractivity contribution in [2.24, 2.45) is 0 Å². The molecular formula is C20H22BrClN2O3. The van der Waals surface area contributed by atoms with Crippen molar-refractivity contribution in [1.29, 1.82) is 0 Å². The summed E-state index contributed by atoms with van der Waals surface area (Å²) in [5, 5.41) is 10.2. The zero-order valence-electron chi connectivity index (χ0n) is 15.1. The van der Waals surface area contributed by atoms with Crippen LogP contribution in [0.15, 0.2) is 28.7 Å². The maximum Gasteiger partial charge on any atom is 0.236 e. The molecule has 7 heteroatoms. The van der Waals surface area contributed by atoms with Crippen molar-refractivity contribution >= 4 is 27.5 Å². The molecule has 1 aromatic carbocycles. The number of hydrogen-bond acceptors (Lipinski definition) is 5. The summed E-state index contributed by atoms with van der Waals surface area (Å²) in [4.78, 5) is 6.71. The molecule has 1 saturated heterocycles. The average molecular weight is 454 g/mol. The van der Waals surface area contributed by atoms with Crippen LogP contribution in [0.2, 0.25) is 5.02 Å². The van der Waals surface area contributed by atoms with Gasteiger partial charge in [-0.2, -0.15) is 4.98 Å². The van der Waals surface area contributed by atoms with Gasteiger partial charge < -0.3 is 14.6 Å². The van der Waals surface area contributed by atoms with Crippen molar-refractivity contribution < 1.29 is 14.6 Å². The molecule has 2 aliphatic rings. The topological polar surface area (TPSA) is 54.8 Å². The van der Waals surface area contributed by atoms with E-state index in [1.54, 1.807) is 7.11 Å². The molecule has 0 radical (unpaired) electrons. The van der Waals surface area contributed by atoms with Crippen LogP contribution in [-0.4, -0.2) is 41.3 Å². The number of hydrogen-bond donors (Lipinski definition) is 1. The molecule has 0 bridgehead atoms. The minimum atomic E-state index is -0.260. The average Bonchev–Trinajstić information content (AvgIpc) is 3.24. The van der Waals surface area contributed by atoms with Gasteiger partial charge in [-0.3, -0.25) is 4.90 Å². The number of likely N-dealkylation sites (tertiary alicyclic amines) is 1. The number of fused-ring (bicyclic) bond motifs is 1. The van der Waals surface area contributed by atoms with E-state index in [-0.39, 0.29) is 12.2 Å². The standard InChI is InChI=1S/C20H22BrClN2O3/c1-26-19-12(10-24-8-7-13(25)11-24)9-17(22)20(23-19)27-18-6-5-14-15(18)3-2-4-16(14)21/h2-4,9,13,18,25H,5-8,10-11H2,1H3/t13-,18+/m1/s1.